The highest BCUT2D eigenvalue weighted by molar-refractivity contribution is 5.85. The van der Waals surface area contributed by atoms with E-state index in [9.17, 15) is 4.79 Å². The summed E-state index contributed by atoms with van der Waals surface area (Å²) in [5.74, 6) is 0.827. The molecule has 0 unspecified atom stereocenters. The van der Waals surface area contributed by atoms with E-state index in [-0.39, 0.29) is 12.5 Å². The monoisotopic (exact) mass is 345 g/mol. The lowest BCUT2D eigenvalue weighted by Crippen LogP contribution is -2.52. The van der Waals surface area contributed by atoms with Gasteiger partial charge in [-0.05, 0) is 18.9 Å². The first-order chi connectivity index (χ1) is 12.2. The molecule has 0 aliphatic carbocycles. The number of hydrogen-bond acceptors (Lipinski definition) is 3. The quantitative estimate of drug-likeness (QED) is 0.578. The zero-order chi connectivity index (χ0) is 17.9. The van der Waals surface area contributed by atoms with Crippen LogP contribution < -0.4 is 10.6 Å². The van der Waals surface area contributed by atoms with E-state index in [4.69, 9.17) is 0 Å². The molecule has 1 aliphatic rings. The Balaban J connectivity index is 1.83. The van der Waals surface area contributed by atoms with E-state index in [1.165, 1.54) is 5.56 Å². The molecule has 1 aliphatic heterocycles. The van der Waals surface area contributed by atoms with Crippen molar-refractivity contribution in [3.8, 4) is 0 Å². The number of guanidine groups is 1. The number of carbonyl (C=O) groups excluding carboxylic acids is 1. The minimum Gasteiger partial charge on any atom is -0.357 e. The second kappa shape index (κ2) is 10.7. The molecular weight excluding hydrogens is 314 g/mol. The van der Waals surface area contributed by atoms with Gasteiger partial charge in [-0.15, -0.1) is 0 Å². The maximum absolute atomic E-state index is 11.8. The first-order valence-corrected chi connectivity index (χ1v) is 9.29. The lowest BCUT2D eigenvalue weighted by Gasteiger charge is -2.36. The number of hydrogen-bond donors (Lipinski definition) is 2. The fourth-order valence-corrected chi connectivity index (χ4v) is 2.85. The second-order valence-corrected chi connectivity index (χ2v) is 6.27. The van der Waals surface area contributed by atoms with Crippen LogP contribution in [0, 0.1) is 0 Å². The van der Waals surface area contributed by atoms with Crippen LogP contribution in [-0.2, 0) is 11.3 Å². The first kappa shape index (κ1) is 19.2. The van der Waals surface area contributed by atoms with Crippen LogP contribution in [0.1, 0.15) is 25.8 Å². The van der Waals surface area contributed by atoms with E-state index in [0.29, 0.717) is 6.54 Å². The van der Waals surface area contributed by atoms with Crippen LogP contribution in [0.4, 0.5) is 0 Å². The van der Waals surface area contributed by atoms with Crippen molar-refractivity contribution < 1.29 is 4.79 Å². The summed E-state index contributed by atoms with van der Waals surface area (Å²) in [4.78, 5) is 21.0. The molecule has 1 aromatic carbocycles. The SMILES string of the molecule is CCCNC(=O)CN=C(NCC)N1CCN(Cc2ccccc2)CC1. The maximum atomic E-state index is 11.8. The van der Waals surface area contributed by atoms with E-state index in [1.54, 1.807) is 0 Å². The van der Waals surface area contributed by atoms with Crippen LogP contribution in [0.25, 0.3) is 0 Å². The molecule has 1 amide bonds. The standard InChI is InChI=1S/C19H31N5O/c1-3-10-21-18(25)15-22-19(20-4-2)24-13-11-23(12-14-24)16-17-8-6-5-7-9-17/h5-9H,3-4,10-16H2,1-2H3,(H,20,22)(H,21,25). The number of benzene rings is 1. The fraction of sp³-hybridized carbons (Fsp3) is 0.579. The fourth-order valence-electron chi connectivity index (χ4n) is 2.85. The molecule has 2 rings (SSSR count). The first-order valence-electron chi connectivity index (χ1n) is 9.29. The van der Waals surface area contributed by atoms with Gasteiger partial charge in [0.2, 0.25) is 5.91 Å². The van der Waals surface area contributed by atoms with Gasteiger partial charge in [-0.3, -0.25) is 9.69 Å². The van der Waals surface area contributed by atoms with Gasteiger partial charge >= 0.3 is 0 Å². The highest BCUT2D eigenvalue weighted by Gasteiger charge is 2.19. The highest BCUT2D eigenvalue weighted by atomic mass is 16.1. The van der Waals surface area contributed by atoms with Crippen molar-refractivity contribution in [2.75, 3.05) is 45.8 Å². The zero-order valence-electron chi connectivity index (χ0n) is 15.5. The molecule has 0 bridgehead atoms. The summed E-state index contributed by atoms with van der Waals surface area (Å²) < 4.78 is 0. The molecule has 2 N–H and O–H groups in total. The van der Waals surface area contributed by atoms with E-state index in [2.05, 4.69) is 62.7 Å². The van der Waals surface area contributed by atoms with Gasteiger partial charge in [0.15, 0.2) is 5.96 Å². The van der Waals surface area contributed by atoms with Crippen LogP contribution >= 0.6 is 0 Å². The molecule has 1 saturated heterocycles. The van der Waals surface area contributed by atoms with Gasteiger partial charge in [0, 0.05) is 45.8 Å². The average molecular weight is 345 g/mol. The second-order valence-electron chi connectivity index (χ2n) is 6.27. The van der Waals surface area contributed by atoms with Crippen molar-refractivity contribution in [1.82, 2.24) is 20.4 Å². The number of rotatable bonds is 7. The van der Waals surface area contributed by atoms with E-state index < -0.39 is 0 Å². The Morgan fingerprint density at radius 3 is 2.44 bits per heavy atom. The van der Waals surface area contributed by atoms with E-state index in [1.807, 2.05) is 6.92 Å². The van der Waals surface area contributed by atoms with Gasteiger partial charge in [0.1, 0.15) is 6.54 Å². The molecule has 0 saturated carbocycles. The lowest BCUT2D eigenvalue weighted by molar-refractivity contribution is -0.119. The summed E-state index contributed by atoms with van der Waals surface area (Å²) in [6.07, 6.45) is 0.943. The van der Waals surface area contributed by atoms with E-state index >= 15 is 0 Å². The van der Waals surface area contributed by atoms with Crippen LogP contribution in [0.5, 0.6) is 0 Å². The van der Waals surface area contributed by atoms with E-state index in [0.717, 1.165) is 51.6 Å². The summed E-state index contributed by atoms with van der Waals surface area (Å²) in [6, 6.07) is 10.6. The Morgan fingerprint density at radius 2 is 1.80 bits per heavy atom. The number of nitrogens with zero attached hydrogens (tertiary/aromatic N) is 3. The van der Waals surface area contributed by atoms with Crippen molar-refractivity contribution in [1.29, 1.82) is 0 Å². The molecule has 0 spiro atoms. The minimum absolute atomic E-state index is 0.0139. The number of aliphatic imine (C=N–C) groups is 1. The molecule has 1 aromatic rings. The Hall–Kier alpha value is -2.08. The maximum Gasteiger partial charge on any atom is 0.241 e. The summed E-state index contributed by atoms with van der Waals surface area (Å²) in [6.45, 7) is 10.6. The smallest absolute Gasteiger partial charge is 0.241 e. The largest absolute Gasteiger partial charge is 0.357 e. The van der Waals surface area contributed by atoms with Crippen LogP contribution in [-0.4, -0.2) is 67.5 Å². The van der Waals surface area contributed by atoms with Crippen LogP contribution in [0.15, 0.2) is 35.3 Å². The minimum atomic E-state index is -0.0139. The van der Waals surface area contributed by atoms with Gasteiger partial charge < -0.3 is 15.5 Å². The molecular formula is C19H31N5O. The number of amides is 1. The topological polar surface area (TPSA) is 60.0 Å². The van der Waals surface area contributed by atoms with Crippen molar-refractivity contribution >= 4 is 11.9 Å². The van der Waals surface area contributed by atoms with Crippen LogP contribution in [0.3, 0.4) is 0 Å². The summed E-state index contributed by atoms with van der Waals surface area (Å²) in [5.41, 5.74) is 1.35. The van der Waals surface area contributed by atoms with Crippen molar-refractivity contribution in [2.45, 2.75) is 26.8 Å². The Bertz CT molecular complexity index is 538. The average Bonchev–Trinajstić information content (AvgIpc) is 2.65. The molecule has 0 atom stereocenters. The van der Waals surface area contributed by atoms with Gasteiger partial charge in [0.25, 0.3) is 0 Å². The van der Waals surface area contributed by atoms with Crippen molar-refractivity contribution in [2.24, 2.45) is 4.99 Å². The predicted molar refractivity (Wildman–Crippen MR) is 103 cm³/mol. The molecule has 6 heteroatoms. The normalized spacial score (nSPS) is 15.9. The van der Waals surface area contributed by atoms with Crippen molar-refractivity contribution in [3.63, 3.8) is 0 Å². The number of piperazine rings is 1. The predicted octanol–water partition coefficient (Wildman–Crippen LogP) is 1.30. The Morgan fingerprint density at radius 1 is 1.08 bits per heavy atom. The third-order valence-electron chi connectivity index (χ3n) is 4.20. The summed E-state index contributed by atoms with van der Waals surface area (Å²) >= 11 is 0. The van der Waals surface area contributed by atoms with Crippen LogP contribution in [0.2, 0.25) is 0 Å². The third kappa shape index (κ3) is 6.74. The molecule has 1 heterocycles. The molecule has 0 aromatic heterocycles. The zero-order valence-corrected chi connectivity index (χ0v) is 15.5. The summed E-state index contributed by atoms with van der Waals surface area (Å²) in [7, 11) is 0. The van der Waals surface area contributed by atoms with Gasteiger partial charge in [-0.25, -0.2) is 4.99 Å². The number of carbonyl (C=O) groups is 1. The van der Waals surface area contributed by atoms with Crippen molar-refractivity contribution in [3.05, 3.63) is 35.9 Å². The highest BCUT2D eigenvalue weighted by Crippen LogP contribution is 2.08. The lowest BCUT2D eigenvalue weighted by atomic mass is 10.2. The Kier molecular flexibility index (Phi) is 8.25. The summed E-state index contributed by atoms with van der Waals surface area (Å²) in [5, 5.41) is 6.17. The molecule has 25 heavy (non-hydrogen) atoms. The molecule has 1 fully saturated rings. The third-order valence-corrected chi connectivity index (χ3v) is 4.20. The molecule has 138 valence electrons. The van der Waals surface area contributed by atoms with Gasteiger partial charge in [-0.1, -0.05) is 37.3 Å². The Labute approximate surface area is 151 Å². The molecule has 6 nitrogen and oxygen atoms in total. The van der Waals surface area contributed by atoms with Gasteiger partial charge in [0.05, 0.1) is 0 Å². The molecule has 0 radical (unpaired) electrons. The van der Waals surface area contributed by atoms with Gasteiger partial charge in [-0.2, -0.15) is 0 Å². The number of nitrogens with one attached hydrogen (secondary N) is 2.